The predicted molar refractivity (Wildman–Crippen MR) is 102 cm³/mol. The van der Waals surface area contributed by atoms with E-state index in [9.17, 15) is 0 Å². The van der Waals surface area contributed by atoms with Gasteiger partial charge in [0.2, 0.25) is 0 Å². The van der Waals surface area contributed by atoms with Crippen molar-refractivity contribution >= 4 is 29.0 Å². The molecule has 3 heteroatoms. The van der Waals surface area contributed by atoms with Crippen LogP contribution < -0.4 is 0 Å². The Balaban J connectivity index is -0.000000273. The van der Waals surface area contributed by atoms with Gasteiger partial charge in [0.05, 0.1) is 0 Å². The van der Waals surface area contributed by atoms with Crippen molar-refractivity contribution in [2.24, 2.45) is 0 Å². The first kappa shape index (κ1) is 27.2. The molecule has 0 radical (unpaired) electrons. The number of hydrogen-bond donors (Lipinski definition) is 0. The molecule has 0 aromatic rings. The molecule has 0 heterocycles. The van der Waals surface area contributed by atoms with E-state index in [-0.39, 0.29) is 24.8 Å². The third-order valence-electron chi connectivity index (χ3n) is 3.57. The van der Waals surface area contributed by atoms with Gasteiger partial charge in [0.25, 0.3) is 0 Å². The quantitative estimate of drug-likeness (QED) is 0.453. The van der Waals surface area contributed by atoms with Crippen molar-refractivity contribution in [3.05, 3.63) is 46.6 Å². The number of rotatable bonds is 4. The van der Waals surface area contributed by atoms with Gasteiger partial charge in [-0.15, -0.1) is 37.7 Å². The Labute approximate surface area is 165 Å². The molecular weight excluding hydrogens is 390 g/mol. The summed E-state index contributed by atoms with van der Waals surface area (Å²) < 4.78 is 3.34. The van der Waals surface area contributed by atoms with Crippen LogP contribution in [0.3, 0.4) is 0 Å². The second-order valence-corrected chi connectivity index (χ2v) is 4.59. The Morgan fingerprint density at radius 3 is 1.27 bits per heavy atom. The van der Waals surface area contributed by atoms with Crippen LogP contribution in [0, 0.1) is 12.2 Å². The second-order valence-electron chi connectivity index (χ2n) is 4.59. The maximum atomic E-state index is 3.34. The summed E-state index contributed by atoms with van der Waals surface area (Å²) in [6.45, 7) is 8.79. The molecule has 0 atom stereocenters. The van der Waals surface area contributed by atoms with Crippen LogP contribution in [0.4, 0.5) is 0 Å². The monoisotopic (exact) mass is 418 g/mol. The number of allylic oxidation sites excluding steroid dienone is 8. The van der Waals surface area contributed by atoms with Gasteiger partial charge in [-0.05, 0) is 0 Å². The minimum atomic E-state index is 0. The van der Waals surface area contributed by atoms with E-state index in [2.05, 4.69) is 56.2 Å². The molecule has 2 aliphatic carbocycles. The molecule has 0 saturated heterocycles. The van der Waals surface area contributed by atoms with Gasteiger partial charge in [0.1, 0.15) is 0 Å². The van der Waals surface area contributed by atoms with E-state index in [1.165, 1.54) is 59.4 Å². The van der Waals surface area contributed by atoms with Gasteiger partial charge in [-0.1, -0.05) is 53.4 Å². The van der Waals surface area contributed by atoms with Crippen LogP contribution in [0.1, 0.15) is 66.2 Å². The molecule has 2 aliphatic rings. The molecule has 0 unspecified atom stereocenters. The third-order valence-corrected chi connectivity index (χ3v) is 3.57. The molecule has 0 aliphatic heterocycles. The van der Waals surface area contributed by atoms with E-state index < -0.39 is 0 Å². The fourth-order valence-electron chi connectivity index (χ4n) is 2.49. The van der Waals surface area contributed by atoms with Crippen LogP contribution in [0.15, 0.2) is 34.4 Å². The zero-order valence-electron chi connectivity index (χ0n) is 14.4. The average molecular weight is 421 g/mol. The number of halogens is 2. The summed E-state index contributed by atoms with van der Waals surface area (Å²) in [4.78, 5) is 0. The first-order chi connectivity index (χ1) is 9.76. The Morgan fingerprint density at radius 2 is 1.09 bits per heavy atom. The van der Waals surface area contributed by atoms with Gasteiger partial charge in [-0.2, -0.15) is 23.3 Å². The first-order valence-corrected chi connectivity index (χ1v) is 9.44. The molecular formula is C19H30Cl2Zr. The first-order valence-electron chi connectivity index (χ1n) is 7.70. The van der Waals surface area contributed by atoms with Crippen LogP contribution in [0.25, 0.3) is 0 Å². The average Bonchev–Trinajstić information content (AvgIpc) is 3.17. The van der Waals surface area contributed by atoms with Gasteiger partial charge in [0.15, 0.2) is 0 Å². The van der Waals surface area contributed by atoms with E-state index in [0.717, 1.165) is 25.7 Å². The summed E-state index contributed by atoms with van der Waals surface area (Å²) in [6.07, 6.45) is 18.0. The maximum absolute atomic E-state index is 3.34. The van der Waals surface area contributed by atoms with E-state index in [1.807, 2.05) is 0 Å². The standard InChI is InChI=1S/2C9H13.CH2.2ClH.Zr/c2*1-3-8-6-5-7-9(8)4-2;;;;/h2*6H,3-5H2,1-2H3;1H2;2*1H;/q2*-1;;;;+2. The van der Waals surface area contributed by atoms with Crippen LogP contribution in [-0.2, 0) is 24.2 Å². The zero-order valence-corrected chi connectivity index (χ0v) is 18.5. The molecule has 0 saturated carbocycles. The van der Waals surface area contributed by atoms with Crippen LogP contribution >= 0.6 is 24.8 Å². The molecule has 0 spiro atoms. The van der Waals surface area contributed by atoms with E-state index in [1.54, 1.807) is 0 Å². The Kier molecular flexibility index (Phi) is 21.8. The topological polar surface area (TPSA) is 0 Å². The van der Waals surface area contributed by atoms with Crippen molar-refractivity contribution in [1.29, 1.82) is 0 Å². The summed E-state index contributed by atoms with van der Waals surface area (Å²) in [5.41, 5.74) is 5.91. The van der Waals surface area contributed by atoms with Gasteiger partial charge in [0, 0.05) is 0 Å². The van der Waals surface area contributed by atoms with Gasteiger partial charge in [-0.3, -0.25) is 12.2 Å². The SMILES string of the molecule is CCC1=[C-]CC=C1CC.CCC1=[C-]CC=C1CC.Cl.Cl.[CH2]=[Zr+2]. The molecule has 22 heavy (non-hydrogen) atoms. The van der Waals surface area contributed by atoms with E-state index in [0.29, 0.717) is 0 Å². The van der Waals surface area contributed by atoms with Crippen molar-refractivity contribution in [3.63, 3.8) is 0 Å². The molecule has 2 rings (SSSR count). The van der Waals surface area contributed by atoms with Gasteiger partial charge >= 0.3 is 28.4 Å². The predicted octanol–water partition coefficient (Wildman–Crippen LogP) is 6.54. The second kappa shape index (κ2) is 17.6. The Bertz CT molecular complexity index is 330. The summed E-state index contributed by atoms with van der Waals surface area (Å²) in [6, 6.07) is 0. The van der Waals surface area contributed by atoms with Gasteiger partial charge in [-0.25, -0.2) is 11.1 Å². The fraction of sp³-hybridized carbons (Fsp3) is 0.526. The van der Waals surface area contributed by atoms with Crippen LogP contribution in [0.5, 0.6) is 0 Å². The van der Waals surface area contributed by atoms with Crippen molar-refractivity contribution < 1.29 is 24.2 Å². The molecule has 0 amide bonds. The molecule has 0 nitrogen and oxygen atoms in total. The summed E-state index contributed by atoms with van der Waals surface area (Å²) in [5, 5.41) is 0. The molecule has 0 bridgehead atoms. The molecule has 0 aromatic carbocycles. The van der Waals surface area contributed by atoms with Crippen molar-refractivity contribution in [1.82, 2.24) is 0 Å². The minimum absolute atomic E-state index is 0. The molecule has 0 fully saturated rings. The van der Waals surface area contributed by atoms with Crippen LogP contribution in [-0.4, -0.2) is 4.21 Å². The molecule has 124 valence electrons. The number of hydrogen-bond acceptors (Lipinski definition) is 0. The third kappa shape index (κ3) is 9.44. The molecule has 0 aromatic heterocycles. The summed E-state index contributed by atoms with van der Waals surface area (Å²) in [5.74, 6) is 0. The Morgan fingerprint density at radius 1 is 0.773 bits per heavy atom. The Hall–Kier alpha value is 0.293. The van der Waals surface area contributed by atoms with Gasteiger partial charge < -0.3 is 0 Å². The van der Waals surface area contributed by atoms with E-state index >= 15 is 0 Å². The fourth-order valence-corrected chi connectivity index (χ4v) is 2.49. The van der Waals surface area contributed by atoms with E-state index in [4.69, 9.17) is 0 Å². The van der Waals surface area contributed by atoms with Crippen molar-refractivity contribution in [2.75, 3.05) is 0 Å². The summed E-state index contributed by atoms with van der Waals surface area (Å²) in [7, 11) is 0. The normalized spacial score (nSPS) is 14.6. The zero-order chi connectivity index (χ0) is 15.4. The molecule has 0 N–H and O–H groups in total. The van der Waals surface area contributed by atoms with Crippen LogP contribution in [0.2, 0.25) is 0 Å². The van der Waals surface area contributed by atoms with Crippen molar-refractivity contribution in [2.45, 2.75) is 66.2 Å². The van der Waals surface area contributed by atoms with Crippen molar-refractivity contribution in [3.8, 4) is 0 Å². The summed E-state index contributed by atoms with van der Waals surface area (Å²) >= 11 is 1.30.